The third-order valence-electron chi connectivity index (χ3n) is 2.69. The van der Waals surface area contributed by atoms with Crippen molar-refractivity contribution in [1.82, 2.24) is 14.7 Å². The molecule has 0 saturated heterocycles. The minimum Gasteiger partial charge on any atom is -0.349 e. The molecular weight excluding hydrogens is 282 g/mol. The number of imidazole rings is 1. The lowest BCUT2D eigenvalue weighted by Crippen LogP contribution is -2.24. The maximum Gasteiger partial charge on any atom is 0.250 e. The molecule has 0 bridgehead atoms. The van der Waals surface area contributed by atoms with Crippen LogP contribution < -0.4 is 4.72 Å². The van der Waals surface area contributed by atoms with Gasteiger partial charge in [0.05, 0.1) is 0 Å². The average molecular weight is 299 g/mol. The summed E-state index contributed by atoms with van der Waals surface area (Å²) in [5.74, 6) is 0.878. The van der Waals surface area contributed by atoms with E-state index in [0.717, 1.165) is 30.0 Å². The van der Waals surface area contributed by atoms with E-state index in [2.05, 4.69) is 14.7 Å². The van der Waals surface area contributed by atoms with E-state index in [-0.39, 0.29) is 0 Å². The summed E-state index contributed by atoms with van der Waals surface area (Å²) in [4.78, 5) is 8.16. The molecule has 7 heteroatoms. The summed E-state index contributed by atoms with van der Waals surface area (Å²) in [6.45, 7) is 2.43. The first kappa shape index (κ1) is 14.2. The number of sulfonamides is 1. The largest absolute Gasteiger partial charge is 0.349 e. The lowest BCUT2D eigenvalue weighted by atomic mass is 10.3. The standard InChI is InChI=1S/C12H17N3O2S2/c1-2-10-5-6-12(18-10)19(16,17)15-7-3-4-11-13-8-9-14-11/h5-6,8-9,15H,2-4,7H2,1H3,(H,13,14). The molecule has 0 aliphatic rings. The number of rotatable bonds is 7. The van der Waals surface area contributed by atoms with Crippen molar-refractivity contribution in [3.8, 4) is 0 Å². The van der Waals surface area contributed by atoms with E-state index in [1.807, 2.05) is 13.0 Å². The molecule has 0 aliphatic heterocycles. The SMILES string of the molecule is CCc1ccc(S(=O)(=O)NCCCc2ncc[nH]2)s1. The van der Waals surface area contributed by atoms with Crippen LogP contribution in [-0.2, 0) is 22.9 Å². The van der Waals surface area contributed by atoms with Gasteiger partial charge in [0, 0.05) is 30.2 Å². The molecule has 0 aliphatic carbocycles. The second kappa shape index (κ2) is 6.31. The van der Waals surface area contributed by atoms with Crippen molar-refractivity contribution in [3.63, 3.8) is 0 Å². The van der Waals surface area contributed by atoms with Gasteiger partial charge in [0.2, 0.25) is 10.0 Å². The van der Waals surface area contributed by atoms with Crippen LogP contribution in [0.2, 0.25) is 0 Å². The van der Waals surface area contributed by atoms with Crippen molar-refractivity contribution in [2.75, 3.05) is 6.54 Å². The minimum atomic E-state index is -3.35. The number of aromatic amines is 1. The maximum atomic E-state index is 12.0. The van der Waals surface area contributed by atoms with Crippen LogP contribution in [0.5, 0.6) is 0 Å². The smallest absolute Gasteiger partial charge is 0.250 e. The van der Waals surface area contributed by atoms with Crippen LogP contribution in [-0.4, -0.2) is 24.9 Å². The van der Waals surface area contributed by atoms with Crippen molar-refractivity contribution in [2.24, 2.45) is 0 Å². The van der Waals surface area contributed by atoms with Gasteiger partial charge in [-0.15, -0.1) is 11.3 Å². The molecule has 0 amide bonds. The fourth-order valence-electron chi connectivity index (χ4n) is 1.66. The van der Waals surface area contributed by atoms with Gasteiger partial charge in [0.25, 0.3) is 0 Å². The first-order valence-electron chi connectivity index (χ1n) is 6.18. The molecule has 0 saturated carbocycles. The predicted molar refractivity (Wildman–Crippen MR) is 75.8 cm³/mol. The van der Waals surface area contributed by atoms with Crippen molar-refractivity contribution < 1.29 is 8.42 Å². The summed E-state index contributed by atoms with van der Waals surface area (Å²) in [6, 6.07) is 3.53. The molecule has 19 heavy (non-hydrogen) atoms. The van der Waals surface area contributed by atoms with Gasteiger partial charge < -0.3 is 4.98 Å². The van der Waals surface area contributed by atoms with Gasteiger partial charge in [-0.3, -0.25) is 0 Å². The Kier molecular flexibility index (Phi) is 4.73. The van der Waals surface area contributed by atoms with Crippen LogP contribution in [0.1, 0.15) is 24.0 Å². The fraction of sp³-hybridized carbons (Fsp3) is 0.417. The molecular formula is C12H17N3O2S2. The monoisotopic (exact) mass is 299 g/mol. The van der Waals surface area contributed by atoms with Gasteiger partial charge in [-0.25, -0.2) is 18.1 Å². The Morgan fingerprint density at radius 3 is 2.89 bits per heavy atom. The summed E-state index contributed by atoms with van der Waals surface area (Å²) in [5.41, 5.74) is 0. The topological polar surface area (TPSA) is 74.8 Å². The van der Waals surface area contributed by atoms with Crippen LogP contribution >= 0.6 is 11.3 Å². The highest BCUT2D eigenvalue weighted by Crippen LogP contribution is 2.21. The van der Waals surface area contributed by atoms with Crippen LogP contribution in [0.4, 0.5) is 0 Å². The zero-order chi connectivity index (χ0) is 13.7. The normalized spacial score (nSPS) is 11.8. The molecule has 0 unspecified atom stereocenters. The Balaban J connectivity index is 1.84. The second-order valence-corrected chi connectivity index (χ2v) is 7.27. The van der Waals surface area contributed by atoms with E-state index in [0.29, 0.717) is 10.8 Å². The molecule has 2 heterocycles. The number of nitrogens with one attached hydrogen (secondary N) is 2. The summed E-state index contributed by atoms with van der Waals surface area (Å²) in [5, 5.41) is 0. The third kappa shape index (κ3) is 3.89. The highest BCUT2D eigenvalue weighted by atomic mass is 32.2. The number of hydrogen-bond acceptors (Lipinski definition) is 4. The second-order valence-electron chi connectivity index (χ2n) is 4.11. The molecule has 2 N–H and O–H groups in total. The first-order chi connectivity index (χ1) is 9.12. The lowest BCUT2D eigenvalue weighted by molar-refractivity contribution is 0.580. The molecule has 2 aromatic rings. The van der Waals surface area contributed by atoms with Crippen molar-refractivity contribution in [3.05, 3.63) is 35.2 Å². The minimum absolute atomic E-state index is 0.391. The van der Waals surface area contributed by atoms with Crippen LogP contribution in [0, 0.1) is 0 Å². The van der Waals surface area contributed by atoms with Crippen molar-refractivity contribution >= 4 is 21.4 Å². The van der Waals surface area contributed by atoms with Crippen LogP contribution in [0.15, 0.2) is 28.7 Å². The predicted octanol–water partition coefficient (Wildman–Crippen LogP) is 1.94. The van der Waals surface area contributed by atoms with E-state index in [9.17, 15) is 8.42 Å². The molecule has 2 aromatic heterocycles. The Labute approximate surface area is 117 Å². The molecule has 0 spiro atoms. The van der Waals surface area contributed by atoms with Gasteiger partial charge in [0.1, 0.15) is 10.0 Å². The average Bonchev–Trinajstić information content (AvgIpc) is 3.05. The van der Waals surface area contributed by atoms with Gasteiger partial charge in [-0.1, -0.05) is 6.92 Å². The van der Waals surface area contributed by atoms with Crippen LogP contribution in [0.25, 0.3) is 0 Å². The number of aromatic nitrogens is 2. The number of nitrogens with zero attached hydrogens (tertiary/aromatic N) is 1. The molecule has 2 rings (SSSR count). The quantitative estimate of drug-likeness (QED) is 0.767. The molecule has 0 fully saturated rings. The number of H-pyrrole nitrogens is 1. The van der Waals surface area contributed by atoms with E-state index >= 15 is 0 Å². The Hall–Kier alpha value is -1.18. The van der Waals surface area contributed by atoms with E-state index in [1.54, 1.807) is 18.5 Å². The van der Waals surface area contributed by atoms with Crippen molar-refractivity contribution in [1.29, 1.82) is 0 Å². The molecule has 0 atom stereocenters. The molecule has 0 radical (unpaired) electrons. The van der Waals surface area contributed by atoms with Gasteiger partial charge in [-0.2, -0.15) is 0 Å². The Morgan fingerprint density at radius 2 is 2.26 bits per heavy atom. The molecule has 5 nitrogen and oxygen atoms in total. The highest BCUT2D eigenvalue weighted by Gasteiger charge is 2.15. The summed E-state index contributed by atoms with van der Waals surface area (Å²) < 4.78 is 27.0. The van der Waals surface area contributed by atoms with Crippen molar-refractivity contribution in [2.45, 2.75) is 30.4 Å². The number of thiophene rings is 1. The van der Waals surface area contributed by atoms with E-state index < -0.39 is 10.0 Å². The fourth-order valence-corrected chi connectivity index (χ4v) is 4.08. The zero-order valence-corrected chi connectivity index (χ0v) is 12.4. The lowest BCUT2D eigenvalue weighted by Gasteiger charge is -2.03. The zero-order valence-electron chi connectivity index (χ0n) is 10.7. The summed E-state index contributed by atoms with van der Waals surface area (Å²) >= 11 is 1.33. The highest BCUT2D eigenvalue weighted by molar-refractivity contribution is 7.91. The van der Waals surface area contributed by atoms with Gasteiger partial charge in [-0.05, 0) is 25.0 Å². The summed E-state index contributed by atoms with van der Waals surface area (Å²) in [7, 11) is -3.35. The maximum absolute atomic E-state index is 12.0. The molecule has 0 aromatic carbocycles. The Morgan fingerprint density at radius 1 is 1.42 bits per heavy atom. The Bertz CT molecular complexity index is 603. The number of aryl methyl sites for hydroxylation is 2. The van der Waals surface area contributed by atoms with Gasteiger partial charge in [0.15, 0.2) is 0 Å². The third-order valence-corrected chi connectivity index (χ3v) is 5.87. The first-order valence-corrected chi connectivity index (χ1v) is 8.48. The van der Waals surface area contributed by atoms with E-state index in [1.165, 1.54) is 11.3 Å². The van der Waals surface area contributed by atoms with E-state index in [4.69, 9.17) is 0 Å². The summed E-state index contributed by atoms with van der Waals surface area (Å²) in [6.07, 6.45) is 5.77. The van der Waals surface area contributed by atoms with Gasteiger partial charge >= 0.3 is 0 Å². The number of hydrogen-bond donors (Lipinski definition) is 2. The van der Waals surface area contributed by atoms with Crippen LogP contribution in [0.3, 0.4) is 0 Å². The molecule has 104 valence electrons.